The summed E-state index contributed by atoms with van der Waals surface area (Å²) in [6, 6.07) is 7.38. The van der Waals surface area contributed by atoms with E-state index in [-0.39, 0.29) is 5.78 Å². The normalized spacial score (nSPS) is 13.5. The van der Waals surface area contributed by atoms with Crippen molar-refractivity contribution in [3.8, 4) is 23.0 Å². The lowest BCUT2D eigenvalue weighted by molar-refractivity contribution is 0.0988. The Morgan fingerprint density at radius 1 is 1.07 bits per heavy atom. The van der Waals surface area contributed by atoms with Crippen LogP contribution in [0.4, 0.5) is 23.0 Å². The summed E-state index contributed by atoms with van der Waals surface area (Å²) >= 11 is 0. The van der Waals surface area contributed by atoms with Gasteiger partial charge >= 0.3 is 0 Å². The first-order chi connectivity index (χ1) is 19.4. The molecule has 0 saturated carbocycles. The molecular weight excluding hydrogens is 529 g/mol. The Morgan fingerprint density at radius 3 is 2.58 bits per heavy atom. The summed E-state index contributed by atoms with van der Waals surface area (Å²) in [6.07, 6.45) is 6.67. The lowest BCUT2D eigenvalue weighted by atomic mass is 10.1. The monoisotopic (exact) mass is 561 g/mol. The van der Waals surface area contributed by atoms with Crippen LogP contribution < -0.4 is 20.1 Å². The molecule has 40 heavy (non-hydrogen) atoms. The number of carbonyl (C=O) groups excluding carboxylic acids is 1. The van der Waals surface area contributed by atoms with Crippen molar-refractivity contribution in [3.63, 3.8) is 0 Å². The van der Waals surface area contributed by atoms with Gasteiger partial charge in [0.15, 0.2) is 17.4 Å². The summed E-state index contributed by atoms with van der Waals surface area (Å²) in [5.74, 6) is 2.49. The van der Waals surface area contributed by atoms with E-state index >= 15 is 0 Å². The van der Waals surface area contributed by atoms with Crippen LogP contribution in [0, 0.1) is 0 Å². The number of aryl methyl sites for hydroxylation is 1. The minimum atomic E-state index is -0.0456. The predicted molar refractivity (Wildman–Crippen MR) is 156 cm³/mol. The number of anilines is 4. The summed E-state index contributed by atoms with van der Waals surface area (Å²) in [5.41, 5.74) is 3.09. The summed E-state index contributed by atoms with van der Waals surface area (Å²) in [5, 5.41) is 10.9. The van der Waals surface area contributed by atoms with Crippen LogP contribution in [0.15, 0.2) is 49.2 Å². The number of nitrogens with one attached hydrogen (secondary N) is 2. The van der Waals surface area contributed by atoms with Crippen molar-refractivity contribution in [2.45, 2.75) is 19.0 Å². The molecule has 12 nitrogen and oxygen atoms in total. The third-order valence-electron chi connectivity index (χ3n) is 6.38. The van der Waals surface area contributed by atoms with Crippen molar-refractivity contribution in [3.05, 3.63) is 54.7 Å². The standard InChI is InChI=1S/C27H32N9O3P/c1-4-22(37)19-11-28-23(33-24-12-30-25(13-29-24)39-9-8-36-14-17(40)15-36)10-21(19)32-20-7-5-6-18(26(20)38-3)27-31-16-35(2)34-27/h5-7,10-13,16-17H,4,8-9,14-15,40H2,1-3H3,(H2,28,29,32,33). The second-order valence-corrected chi connectivity index (χ2v) is 10.3. The van der Waals surface area contributed by atoms with Gasteiger partial charge in [-0.1, -0.05) is 13.0 Å². The van der Waals surface area contributed by atoms with Gasteiger partial charge in [-0.3, -0.25) is 14.4 Å². The maximum absolute atomic E-state index is 12.7. The van der Waals surface area contributed by atoms with Gasteiger partial charge in [0.1, 0.15) is 24.6 Å². The number of nitrogens with zero attached hydrogens (tertiary/aromatic N) is 7. The second kappa shape index (κ2) is 12.4. The van der Waals surface area contributed by atoms with E-state index in [0.29, 0.717) is 64.7 Å². The van der Waals surface area contributed by atoms with Crippen molar-refractivity contribution in [1.29, 1.82) is 0 Å². The molecule has 1 aliphatic rings. The highest BCUT2D eigenvalue weighted by atomic mass is 31.0. The van der Waals surface area contributed by atoms with Gasteiger partial charge in [-0.15, -0.1) is 9.24 Å². The third-order valence-corrected chi connectivity index (χ3v) is 6.80. The Morgan fingerprint density at radius 2 is 1.90 bits per heavy atom. The molecule has 1 fully saturated rings. The van der Waals surface area contributed by atoms with Crippen molar-refractivity contribution in [2.75, 3.05) is 44.0 Å². The number of ether oxygens (including phenoxy) is 2. The first kappa shape index (κ1) is 27.4. The molecule has 1 atom stereocenters. The number of hydrogen-bond donors (Lipinski definition) is 2. The fraction of sp³-hybridized carbons (Fsp3) is 0.333. The van der Waals surface area contributed by atoms with E-state index in [1.54, 1.807) is 49.8 Å². The van der Waals surface area contributed by atoms with Gasteiger partial charge in [-0.2, -0.15) is 5.10 Å². The molecule has 0 spiro atoms. The van der Waals surface area contributed by atoms with Gasteiger partial charge in [0, 0.05) is 45.4 Å². The fourth-order valence-electron chi connectivity index (χ4n) is 4.34. The first-order valence-electron chi connectivity index (χ1n) is 13.0. The molecule has 208 valence electrons. The number of likely N-dealkylation sites (tertiary alicyclic amines) is 1. The van der Waals surface area contributed by atoms with Crippen molar-refractivity contribution in [1.82, 2.24) is 34.6 Å². The number of Topliss-reactive ketones (excluding diaryl/α,β-unsaturated/α-hetero) is 1. The molecule has 4 aromatic rings. The van der Waals surface area contributed by atoms with Crippen LogP contribution >= 0.6 is 9.24 Å². The van der Waals surface area contributed by atoms with Crippen LogP contribution in [-0.2, 0) is 7.05 Å². The van der Waals surface area contributed by atoms with Crippen molar-refractivity contribution in [2.24, 2.45) is 7.05 Å². The number of pyridine rings is 1. The molecule has 1 aliphatic heterocycles. The quantitative estimate of drug-likeness (QED) is 0.194. The predicted octanol–water partition coefficient (Wildman–Crippen LogP) is 3.69. The Balaban J connectivity index is 1.33. The van der Waals surface area contributed by atoms with E-state index in [1.165, 1.54) is 0 Å². The molecule has 1 unspecified atom stereocenters. The maximum atomic E-state index is 12.7. The highest BCUT2D eigenvalue weighted by molar-refractivity contribution is 7.17. The van der Waals surface area contributed by atoms with E-state index in [9.17, 15) is 4.79 Å². The number of para-hydroxylation sites is 1. The zero-order valence-corrected chi connectivity index (χ0v) is 23.8. The van der Waals surface area contributed by atoms with Gasteiger partial charge in [0.25, 0.3) is 0 Å². The largest absolute Gasteiger partial charge is 0.494 e. The molecule has 1 aromatic carbocycles. The van der Waals surface area contributed by atoms with Crippen LogP contribution in [0.5, 0.6) is 11.6 Å². The molecule has 0 aliphatic carbocycles. The molecule has 13 heteroatoms. The molecule has 0 amide bonds. The number of aromatic nitrogens is 6. The Hall–Kier alpha value is -4.15. The van der Waals surface area contributed by atoms with Crippen LogP contribution in [0.1, 0.15) is 23.7 Å². The summed E-state index contributed by atoms with van der Waals surface area (Å²) < 4.78 is 13.1. The number of carbonyl (C=O) groups is 1. The van der Waals surface area contributed by atoms with Crippen LogP contribution in [0.25, 0.3) is 11.4 Å². The minimum Gasteiger partial charge on any atom is -0.494 e. The molecule has 0 radical (unpaired) electrons. The van der Waals surface area contributed by atoms with Crippen molar-refractivity contribution < 1.29 is 14.3 Å². The first-order valence-corrected chi connectivity index (χ1v) is 13.6. The Bertz CT molecular complexity index is 1470. The second-order valence-electron chi connectivity index (χ2n) is 9.38. The average molecular weight is 562 g/mol. The van der Waals surface area contributed by atoms with Gasteiger partial charge in [0.05, 0.1) is 42.0 Å². The zero-order chi connectivity index (χ0) is 28.1. The number of ketones is 1. The molecule has 5 rings (SSSR count). The smallest absolute Gasteiger partial charge is 0.232 e. The van der Waals surface area contributed by atoms with E-state index in [1.807, 2.05) is 25.1 Å². The van der Waals surface area contributed by atoms with E-state index in [2.05, 4.69) is 49.8 Å². The van der Waals surface area contributed by atoms with Crippen LogP contribution in [0.3, 0.4) is 0 Å². The summed E-state index contributed by atoms with van der Waals surface area (Å²) in [4.78, 5) is 32.6. The molecule has 2 N–H and O–H groups in total. The van der Waals surface area contributed by atoms with E-state index in [4.69, 9.17) is 9.47 Å². The molecular formula is C27H32N9O3P. The number of methoxy groups -OCH3 is 1. The molecule has 4 heterocycles. The SMILES string of the molecule is CCC(=O)c1cnc(Nc2cnc(OCCN3CC(P)C3)cn2)cc1Nc1cccc(-c2ncn(C)n2)c1OC. The minimum absolute atomic E-state index is 0.0456. The fourth-order valence-corrected chi connectivity index (χ4v) is 4.93. The maximum Gasteiger partial charge on any atom is 0.232 e. The Labute approximate surface area is 234 Å². The lowest BCUT2D eigenvalue weighted by Gasteiger charge is -2.36. The number of hydrogen-bond acceptors (Lipinski definition) is 11. The van der Waals surface area contributed by atoms with E-state index < -0.39 is 0 Å². The van der Waals surface area contributed by atoms with Crippen molar-refractivity contribution >= 4 is 38.0 Å². The van der Waals surface area contributed by atoms with Crippen LogP contribution in [-0.4, -0.2) is 79.4 Å². The van der Waals surface area contributed by atoms with Gasteiger partial charge < -0.3 is 20.1 Å². The zero-order valence-electron chi connectivity index (χ0n) is 22.7. The Kier molecular flexibility index (Phi) is 8.47. The van der Waals surface area contributed by atoms with E-state index in [0.717, 1.165) is 25.2 Å². The van der Waals surface area contributed by atoms with Gasteiger partial charge in [0.2, 0.25) is 5.88 Å². The van der Waals surface area contributed by atoms with Gasteiger partial charge in [-0.05, 0) is 17.8 Å². The topological polar surface area (TPSA) is 132 Å². The highest BCUT2D eigenvalue weighted by Gasteiger charge is 2.22. The lowest BCUT2D eigenvalue weighted by Crippen LogP contribution is -2.48. The number of rotatable bonds is 12. The summed E-state index contributed by atoms with van der Waals surface area (Å²) in [7, 11) is 6.23. The molecule has 3 aromatic heterocycles. The number of benzene rings is 1. The van der Waals surface area contributed by atoms with Crippen LogP contribution in [0.2, 0.25) is 0 Å². The highest BCUT2D eigenvalue weighted by Crippen LogP contribution is 2.37. The third kappa shape index (κ3) is 6.35. The molecule has 1 saturated heterocycles. The molecule has 0 bridgehead atoms. The summed E-state index contributed by atoms with van der Waals surface area (Å²) in [6.45, 7) is 5.39. The van der Waals surface area contributed by atoms with Gasteiger partial charge in [-0.25, -0.2) is 19.9 Å². The average Bonchev–Trinajstić information content (AvgIpc) is 3.38.